The van der Waals surface area contributed by atoms with E-state index in [0.29, 0.717) is 18.8 Å². The van der Waals surface area contributed by atoms with Gasteiger partial charge >= 0.3 is 0 Å². The van der Waals surface area contributed by atoms with Gasteiger partial charge < -0.3 is 9.47 Å². The number of hydrogen-bond donors (Lipinski definition) is 1. The molecule has 0 atom stereocenters. The normalized spacial score (nSPS) is 13.9. The number of aromatic amines is 1. The molecule has 0 saturated heterocycles. The fourth-order valence-electron chi connectivity index (χ4n) is 3.12. The highest BCUT2D eigenvalue weighted by atomic mass is 16.2. The van der Waals surface area contributed by atoms with E-state index in [1.165, 1.54) is 0 Å². The molecule has 1 aliphatic rings. The zero-order valence-corrected chi connectivity index (χ0v) is 15.4. The smallest absolute Gasteiger partial charge is 0.272 e. The van der Waals surface area contributed by atoms with Crippen LogP contribution in [0, 0.1) is 0 Å². The minimum absolute atomic E-state index is 0.0757. The van der Waals surface area contributed by atoms with Crippen molar-refractivity contribution in [3.05, 3.63) is 53.4 Å². The maximum absolute atomic E-state index is 12.9. The van der Waals surface area contributed by atoms with Gasteiger partial charge in [0.1, 0.15) is 17.2 Å². The monoisotopic (exact) mass is 350 g/mol. The zero-order valence-electron chi connectivity index (χ0n) is 15.4. The highest BCUT2D eigenvalue weighted by molar-refractivity contribution is 5.93. The second kappa shape index (κ2) is 5.79. The van der Waals surface area contributed by atoms with Crippen LogP contribution in [0.15, 0.2) is 30.6 Å². The van der Waals surface area contributed by atoms with Gasteiger partial charge in [-0.25, -0.2) is 9.97 Å². The second-order valence-electron chi connectivity index (χ2n) is 7.75. The standard InChI is InChI=1S/C19H22N6O/c1-19(2,3)18-20-9-12-10-25(11-15(12)21-18)17(26)14-8-13(22-23-14)16-6-5-7-24(16)4/h5-9H,10-11H2,1-4H3,(H,22,23). The van der Waals surface area contributed by atoms with Crippen LogP contribution in [-0.4, -0.2) is 35.5 Å². The molecule has 1 aliphatic heterocycles. The number of nitrogens with zero attached hydrogens (tertiary/aromatic N) is 5. The number of fused-ring (bicyclic) bond motifs is 1. The van der Waals surface area contributed by atoms with Crippen molar-refractivity contribution < 1.29 is 4.79 Å². The van der Waals surface area contributed by atoms with Crippen molar-refractivity contribution in [2.75, 3.05) is 0 Å². The molecule has 4 heterocycles. The molecule has 3 aromatic rings. The van der Waals surface area contributed by atoms with Crippen molar-refractivity contribution in [3.8, 4) is 11.4 Å². The molecule has 7 heteroatoms. The minimum atomic E-state index is -0.111. The summed E-state index contributed by atoms with van der Waals surface area (Å²) in [4.78, 5) is 23.8. The number of nitrogens with one attached hydrogen (secondary N) is 1. The van der Waals surface area contributed by atoms with Gasteiger partial charge in [-0.05, 0) is 18.2 Å². The van der Waals surface area contributed by atoms with Gasteiger partial charge in [0.2, 0.25) is 0 Å². The lowest BCUT2D eigenvalue weighted by molar-refractivity contribution is 0.0744. The van der Waals surface area contributed by atoms with Crippen LogP contribution in [-0.2, 0) is 25.6 Å². The number of rotatable bonds is 2. The number of aromatic nitrogens is 5. The average Bonchev–Trinajstić information content (AvgIpc) is 3.31. The highest BCUT2D eigenvalue weighted by Crippen LogP contribution is 2.26. The van der Waals surface area contributed by atoms with E-state index in [-0.39, 0.29) is 11.3 Å². The molecule has 0 spiro atoms. The second-order valence-corrected chi connectivity index (χ2v) is 7.75. The summed E-state index contributed by atoms with van der Waals surface area (Å²) in [6, 6.07) is 5.72. The van der Waals surface area contributed by atoms with Crippen molar-refractivity contribution in [3.63, 3.8) is 0 Å². The summed E-state index contributed by atoms with van der Waals surface area (Å²) in [5.74, 6) is 0.728. The molecule has 0 unspecified atom stereocenters. The van der Waals surface area contributed by atoms with Crippen LogP contribution < -0.4 is 0 Å². The summed E-state index contributed by atoms with van der Waals surface area (Å²) in [5, 5.41) is 7.16. The first-order valence-corrected chi connectivity index (χ1v) is 8.64. The van der Waals surface area contributed by atoms with Gasteiger partial charge in [0.15, 0.2) is 0 Å². The first-order chi connectivity index (χ1) is 12.3. The number of aryl methyl sites for hydroxylation is 1. The fourth-order valence-corrected chi connectivity index (χ4v) is 3.12. The molecule has 0 aliphatic carbocycles. The van der Waals surface area contributed by atoms with Gasteiger partial charge in [-0.3, -0.25) is 9.89 Å². The summed E-state index contributed by atoms with van der Waals surface area (Å²) >= 11 is 0. The van der Waals surface area contributed by atoms with E-state index in [9.17, 15) is 4.79 Å². The van der Waals surface area contributed by atoms with Crippen LogP contribution >= 0.6 is 0 Å². The predicted molar refractivity (Wildman–Crippen MR) is 97.3 cm³/mol. The van der Waals surface area contributed by atoms with Crippen molar-refractivity contribution in [1.29, 1.82) is 0 Å². The molecular weight excluding hydrogens is 328 g/mol. The zero-order chi connectivity index (χ0) is 18.5. The maximum Gasteiger partial charge on any atom is 0.272 e. The lowest BCUT2D eigenvalue weighted by Crippen LogP contribution is -2.25. The van der Waals surface area contributed by atoms with Gasteiger partial charge in [0, 0.05) is 37.0 Å². The summed E-state index contributed by atoms with van der Waals surface area (Å²) < 4.78 is 1.97. The summed E-state index contributed by atoms with van der Waals surface area (Å²) in [6.07, 6.45) is 3.80. The van der Waals surface area contributed by atoms with Crippen LogP contribution in [0.25, 0.3) is 11.4 Å². The molecule has 3 aromatic heterocycles. The Balaban J connectivity index is 1.55. The van der Waals surface area contributed by atoms with Gasteiger partial charge in [-0.1, -0.05) is 20.8 Å². The quantitative estimate of drug-likeness (QED) is 0.770. The van der Waals surface area contributed by atoms with E-state index < -0.39 is 0 Å². The molecule has 0 saturated carbocycles. The SMILES string of the molecule is Cn1cccc1-c1cc(C(=O)N2Cc3cnc(C(C)(C)C)nc3C2)[nH]n1. The molecule has 0 radical (unpaired) electrons. The largest absolute Gasteiger partial charge is 0.349 e. The van der Waals surface area contributed by atoms with Crippen molar-refractivity contribution >= 4 is 5.91 Å². The first-order valence-electron chi connectivity index (χ1n) is 8.64. The Bertz CT molecular complexity index is 978. The maximum atomic E-state index is 12.9. The topological polar surface area (TPSA) is 79.7 Å². The molecule has 7 nitrogen and oxygen atoms in total. The average molecular weight is 350 g/mol. The van der Waals surface area contributed by atoms with E-state index in [2.05, 4.69) is 40.9 Å². The van der Waals surface area contributed by atoms with Gasteiger partial charge in [-0.2, -0.15) is 5.10 Å². The molecule has 134 valence electrons. The molecule has 1 N–H and O–H groups in total. The van der Waals surface area contributed by atoms with Crippen molar-refractivity contribution in [2.24, 2.45) is 7.05 Å². The van der Waals surface area contributed by atoms with Crippen molar-refractivity contribution in [1.82, 2.24) is 29.6 Å². The Morgan fingerprint density at radius 2 is 2.08 bits per heavy atom. The Kier molecular flexibility index (Phi) is 3.68. The third-order valence-electron chi connectivity index (χ3n) is 4.63. The van der Waals surface area contributed by atoms with Gasteiger partial charge in [0.25, 0.3) is 5.91 Å². The summed E-state index contributed by atoms with van der Waals surface area (Å²) in [5.41, 5.74) is 4.03. The third-order valence-corrected chi connectivity index (χ3v) is 4.63. The number of amides is 1. The Labute approximate surface area is 152 Å². The lowest BCUT2D eigenvalue weighted by atomic mass is 9.95. The van der Waals surface area contributed by atoms with Crippen molar-refractivity contribution in [2.45, 2.75) is 39.3 Å². The molecule has 26 heavy (non-hydrogen) atoms. The molecular formula is C19H22N6O. The van der Waals surface area contributed by atoms with Crippen LogP contribution in [0.5, 0.6) is 0 Å². The summed E-state index contributed by atoms with van der Waals surface area (Å²) in [7, 11) is 1.95. The molecule has 0 fully saturated rings. The molecule has 0 aromatic carbocycles. The number of carbonyl (C=O) groups excluding carboxylic acids is 1. The predicted octanol–water partition coefficient (Wildman–Crippen LogP) is 2.66. The third kappa shape index (κ3) is 2.79. The number of hydrogen-bond acceptors (Lipinski definition) is 4. The van der Waals surface area contributed by atoms with E-state index in [1.54, 1.807) is 11.0 Å². The Hall–Kier alpha value is -2.96. The van der Waals surface area contributed by atoms with Gasteiger partial charge in [0.05, 0.1) is 17.9 Å². The van der Waals surface area contributed by atoms with Crippen LogP contribution in [0.2, 0.25) is 0 Å². The van der Waals surface area contributed by atoms with E-state index in [4.69, 9.17) is 0 Å². The summed E-state index contributed by atoms with van der Waals surface area (Å²) in [6.45, 7) is 7.28. The molecule has 1 amide bonds. The Morgan fingerprint density at radius 1 is 1.27 bits per heavy atom. The molecule has 0 bridgehead atoms. The Morgan fingerprint density at radius 3 is 2.77 bits per heavy atom. The first kappa shape index (κ1) is 16.5. The van der Waals surface area contributed by atoms with Crippen LogP contribution in [0.4, 0.5) is 0 Å². The van der Waals surface area contributed by atoms with Gasteiger partial charge in [-0.15, -0.1) is 0 Å². The lowest BCUT2D eigenvalue weighted by Gasteiger charge is -2.16. The minimum Gasteiger partial charge on any atom is -0.349 e. The highest BCUT2D eigenvalue weighted by Gasteiger charge is 2.29. The molecule has 4 rings (SSSR count). The van der Waals surface area contributed by atoms with E-state index in [0.717, 1.165) is 28.5 Å². The number of H-pyrrole nitrogens is 1. The van der Waals surface area contributed by atoms with Crippen LogP contribution in [0.3, 0.4) is 0 Å². The van der Waals surface area contributed by atoms with E-state index in [1.807, 2.05) is 36.1 Å². The van der Waals surface area contributed by atoms with E-state index >= 15 is 0 Å². The number of carbonyl (C=O) groups is 1. The fraction of sp³-hybridized carbons (Fsp3) is 0.368. The van der Waals surface area contributed by atoms with Crippen LogP contribution in [0.1, 0.15) is 48.3 Å².